The maximum atomic E-state index is 12.8. The van der Waals surface area contributed by atoms with Crippen LogP contribution in [0.1, 0.15) is 36.1 Å². The molecule has 2 N–H and O–H groups in total. The van der Waals surface area contributed by atoms with E-state index in [9.17, 15) is 22.8 Å². The number of nitrogens with zero attached hydrogens (tertiary/aromatic N) is 4. The Morgan fingerprint density at radius 3 is 2.73 bits per heavy atom. The molecule has 3 heterocycles. The molecule has 4 rings (SSSR count). The van der Waals surface area contributed by atoms with Gasteiger partial charge in [0.15, 0.2) is 10.9 Å². The maximum Gasteiger partial charge on any atom is 0.427 e. The van der Waals surface area contributed by atoms with E-state index in [0.717, 1.165) is 19.4 Å². The summed E-state index contributed by atoms with van der Waals surface area (Å²) in [5.41, 5.74) is 1.85. The summed E-state index contributed by atoms with van der Waals surface area (Å²) in [5, 5.41) is 5.01. The third kappa shape index (κ3) is 7.71. The third-order valence-corrected chi connectivity index (χ3v) is 7.42. The van der Waals surface area contributed by atoms with Crippen molar-refractivity contribution in [2.75, 3.05) is 37.4 Å². The Hall–Kier alpha value is -3.68. The third-order valence-electron chi connectivity index (χ3n) is 6.46. The Morgan fingerprint density at radius 1 is 1.20 bits per heavy atom. The highest BCUT2D eigenvalue weighted by Crippen LogP contribution is 2.35. The van der Waals surface area contributed by atoms with E-state index in [1.807, 2.05) is 6.08 Å². The number of likely N-dealkylation sites (tertiary alicyclic amines) is 1. The molecule has 0 aliphatic carbocycles. The van der Waals surface area contributed by atoms with Crippen LogP contribution in [0.4, 0.5) is 24.1 Å². The minimum Gasteiger partial charge on any atom is -0.383 e. The second-order valence-corrected chi connectivity index (χ2v) is 10.3. The molecule has 40 heavy (non-hydrogen) atoms. The fourth-order valence-electron chi connectivity index (χ4n) is 4.32. The van der Waals surface area contributed by atoms with Gasteiger partial charge in [-0.05, 0) is 37.9 Å². The topological polar surface area (TPSA) is 109 Å². The van der Waals surface area contributed by atoms with Gasteiger partial charge in [-0.2, -0.15) is 13.2 Å². The van der Waals surface area contributed by atoms with Crippen molar-refractivity contribution in [2.24, 2.45) is 0 Å². The monoisotopic (exact) mass is 574 g/mol. The van der Waals surface area contributed by atoms with Crippen LogP contribution in [0.25, 0.3) is 11.3 Å². The second kappa shape index (κ2) is 13.1. The number of hydrogen-bond acceptors (Lipinski definition) is 8. The minimum absolute atomic E-state index is 0.120. The number of benzene rings is 1. The van der Waals surface area contributed by atoms with E-state index in [1.54, 1.807) is 38.3 Å². The predicted octanol–water partition coefficient (Wildman–Crippen LogP) is 4.97. The molecule has 13 heteroatoms. The molecule has 1 aliphatic heterocycles. The number of alkyl halides is 3. The first-order valence-corrected chi connectivity index (χ1v) is 13.4. The number of aromatic nitrogens is 3. The maximum absolute atomic E-state index is 12.8. The molecule has 1 saturated heterocycles. The zero-order valence-electron chi connectivity index (χ0n) is 21.9. The number of anilines is 2. The highest BCUT2D eigenvalue weighted by molar-refractivity contribution is 7.15. The van der Waals surface area contributed by atoms with Crippen molar-refractivity contribution in [1.82, 2.24) is 19.9 Å². The van der Waals surface area contributed by atoms with Crippen LogP contribution in [0.2, 0.25) is 0 Å². The molecule has 1 aliphatic rings. The van der Waals surface area contributed by atoms with E-state index in [4.69, 9.17) is 4.74 Å². The number of methoxy groups -OCH3 is 1. The van der Waals surface area contributed by atoms with Crippen LogP contribution in [-0.4, -0.2) is 64.5 Å². The lowest BCUT2D eigenvalue weighted by Crippen LogP contribution is -2.33. The molecular weight excluding hydrogens is 545 g/mol. The van der Waals surface area contributed by atoms with E-state index in [0.29, 0.717) is 59.4 Å². The summed E-state index contributed by atoms with van der Waals surface area (Å²) in [7, 11) is 1.69. The molecule has 1 fully saturated rings. The summed E-state index contributed by atoms with van der Waals surface area (Å²) in [6, 6.07) is 7.42. The predicted molar refractivity (Wildman–Crippen MR) is 146 cm³/mol. The smallest absolute Gasteiger partial charge is 0.383 e. The van der Waals surface area contributed by atoms with E-state index in [1.165, 1.54) is 18.5 Å². The average Bonchev–Trinajstić information content (AvgIpc) is 3.59. The zero-order valence-corrected chi connectivity index (χ0v) is 22.8. The number of thiazole rings is 1. The average molecular weight is 575 g/mol. The summed E-state index contributed by atoms with van der Waals surface area (Å²) in [4.78, 5) is 38.6. The normalized spacial score (nSPS) is 16.8. The fraction of sp³-hybridized carbons (Fsp3) is 0.370. The molecule has 3 aromatic rings. The van der Waals surface area contributed by atoms with Crippen molar-refractivity contribution >= 4 is 34.1 Å². The minimum atomic E-state index is -4.52. The molecule has 1 aromatic carbocycles. The number of hydrogen-bond donors (Lipinski definition) is 2. The summed E-state index contributed by atoms with van der Waals surface area (Å²) in [6.45, 7) is 3.96. The molecule has 212 valence electrons. The number of rotatable bonds is 10. The molecule has 2 amide bonds. The Labute approximate surface area is 233 Å². The quantitative estimate of drug-likeness (QED) is 0.329. The summed E-state index contributed by atoms with van der Waals surface area (Å²) in [5.74, 6) is -1.17. The van der Waals surface area contributed by atoms with Gasteiger partial charge in [-0.1, -0.05) is 35.6 Å². The lowest BCUT2D eigenvalue weighted by Gasteiger charge is -2.21. The van der Waals surface area contributed by atoms with Gasteiger partial charge in [0.05, 0.1) is 36.8 Å². The Kier molecular flexibility index (Phi) is 9.61. The van der Waals surface area contributed by atoms with Crippen LogP contribution >= 0.6 is 11.3 Å². The van der Waals surface area contributed by atoms with Crippen molar-refractivity contribution in [3.8, 4) is 11.3 Å². The molecule has 9 nitrogen and oxygen atoms in total. The van der Waals surface area contributed by atoms with Crippen LogP contribution < -0.4 is 10.6 Å². The van der Waals surface area contributed by atoms with Crippen molar-refractivity contribution in [3.63, 3.8) is 0 Å². The first kappa shape index (κ1) is 29.3. The Morgan fingerprint density at radius 2 is 2.02 bits per heavy atom. The number of amides is 2. The van der Waals surface area contributed by atoms with Gasteiger partial charge in [-0.25, -0.2) is 9.97 Å². The highest BCUT2D eigenvalue weighted by atomic mass is 32.1. The number of carbonyl (C=O) groups is 2. The zero-order chi connectivity index (χ0) is 28.7. The van der Waals surface area contributed by atoms with Crippen molar-refractivity contribution in [2.45, 2.75) is 37.9 Å². The first-order chi connectivity index (χ1) is 19.1. The van der Waals surface area contributed by atoms with Crippen LogP contribution in [0.15, 0.2) is 55.0 Å². The van der Waals surface area contributed by atoms with Crippen LogP contribution in [-0.2, 0) is 20.5 Å². The lowest BCUT2D eigenvalue weighted by atomic mass is 9.97. The molecule has 0 saturated carbocycles. The van der Waals surface area contributed by atoms with Crippen molar-refractivity contribution in [1.29, 1.82) is 0 Å². The van der Waals surface area contributed by atoms with Gasteiger partial charge in [0.25, 0.3) is 0 Å². The van der Waals surface area contributed by atoms with Gasteiger partial charge in [0, 0.05) is 31.3 Å². The summed E-state index contributed by atoms with van der Waals surface area (Å²) >= 11 is 0.371. The molecule has 0 bridgehead atoms. The SMILES string of the molecule is COC[C@@H]1CCCN1C/C=C/C(=O)Nc1cnc(-c2cccc([C@H](C)C(=O)Nc3ncc(C(F)(F)F)s3)c2)cn1. The number of halogens is 3. The van der Waals surface area contributed by atoms with Crippen LogP contribution in [0.3, 0.4) is 0 Å². The van der Waals surface area contributed by atoms with E-state index < -0.39 is 22.9 Å². The second-order valence-electron chi connectivity index (χ2n) is 9.29. The molecule has 0 radical (unpaired) electrons. The van der Waals surface area contributed by atoms with Gasteiger partial charge in [0.1, 0.15) is 4.88 Å². The largest absolute Gasteiger partial charge is 0.427 e. The van der Waals surface area contributed by atoms with Gasteiger partial charge in [0.2, 0.25) is 11.8 Å². The van der Waals surface area contributed by atoms with Crippen LogP contribution in [0.5, 0.6) is 0 Å². The van der Waals surface area contributed by atoms with Crippen molar-refractivity contribution in [3.05, 3.63) is 65.4 Å². The van der Waals surface area contributed by atoms with Gasteiger partial charge < -0.3 is 15.4 Å². The van der Waals surface area contributed by atoms with E-state index in [2.05, 4.69) is 30.5 Å². The molecule has 2 atom stereocenters. The van der Waals surface area contributed by atoms with Gasteiger partial charge >= 0.3 is 6.18 Å². The van der Waals surface area contributed by atoms with E-state index >= 15 is 0 Å². The van der Waals surface area contributed by atoms with Crippen LogP contribution in [0, 0.1) is 0 Å². The van der Waals surface area contributed by atoms with E-state index in [-0.39, 0.29) is 11.0 Å². The Balaban J connectivity index is 1.33. The number of ether oxygens (including phenoxy) is 1. The molecule has 0 spiro atoms. The fourth-order valence-corrected chi connectivity index (χ4v) is 5.00. The summed E-state index contributed by atoms with van der Waals surface area (Å²) in [6.07, 6.45) is 4.63. The first-order valence-electron chi connectivity index (χ1n) is 12.6. The van der Waals surface area contributed by atoms with Gasteiger partial charge in [-0.3, -0.25) is 19.5 Å². The molecular formula is C27H29F3N6O3S. The number of nitrogens with one attached hydrogen (secondary N) is 2. The van der Waals surface area contributed by atoms with Crippen molar-refractivity contribution < 1.29 is 27.5 Å². The highest BCUT2D eigenvalue weighted by Gasteiger charge is 2.33. The standard InChI is InChI=1S/C27H29F3N6O3S/c1-17(25(38)35-26-33-14-22(40-26)27(28,29)30)18-6-3-7-19(12-18)21-13-32-23(15-31-21)34-24(37)9-5-11-36-10-4-8-20(36)16-39-2/h3,5-7,9,12-15,17,20H,4,8,10-11,16H2,1-2H3,(H,32,34,37)(H,33,35,38)/b9-5+/t17-,20-/m0/s1. The van der Waals surface area contributed by atoms with Gasteiger partial charge in [-0.15, -0.1) is 0 Å². The molecule has 0 unspecified atom stereocenters. The lowest BCUT2D eigenvalue weighted by molar-refractivity contribution is -0.134. The Bertz CT molecular complexity index is 1350. The number of carbonyl (C=O) groups excluding carboxylic acids is 2. The molecule has 2 aromatic heterocycles. The summed E-state index contributed by atoms with van der Waals surface area (Å²) < 4.78 is 43.7.